The Morgan fingerprint density at radius 1 is 0.939 bits per heavy atom. The Bertz CT molecular complexity index is 1340. The van der Waals surface area contributed by atoms with Crippen LogP contribution in [-0.2, 0) is 0 Å². The first-order chi connectivity index (χ1) is 16.2. The summed E-state index contributed by atoms with van der Waals surface area (Å²) >= 11 is 9.46. The lowest BCUT2D eigenvalue weighted by Gasteiger charge is -2.29. The average Bonchev–Trinajstić information content (AvgIpc) is 3.57. The van der Waals surface area contributed by atoms with E-state index in [1.54, 1.807) is 0 Å². The summed E-state index contributed by atoms with van der Waals surface area (Å²) in [5.41, 5.74) is 4.01. The lowest BCUT2D eigenvalue weighted by Crippen LogP contribution is -2.30. The van der Waals surface area contributed by atoms with Crippen molar-refractivity contribution in [2.45, 2.75) is 12.1 Å². The molecule has 2 aromatic carbocycles. The first-order valence-electron chi connectivity index (χ1n) is 10.5. The van der Waals surface area contributed by atoms with Gasteiger partial charge in [0.15, 0.2) is 16.6 Å². The maximum absolute atomic E-state index is 5.86. The maximum atomic E-state index is 5.86. The zero-order valence-corrected chi connectivity index (χ0v) is 19.8. The van der Waals surface area contributed by atoms with E-state index >= 15 is 0 Å². The van der Waals surface area contributed by atoms with Crippen molar-refractivity contribution in [1.29, 1.82) is 0 Å². The van der Waals surface area contributed by atoms with Crippen molar-refractivity contribution >= 4 is 38.9 Å². The topological polar surface area (TPSA) is 51.6 Å². The second kappa shape index (κ2) is 8.20. The number of thiocarbonyl (C=S) groups is 1. The van der Waals surface area contributed by atoms with Crippen molar-refractivity contribution < 1.29 is 9.47 Å². The van der Waals surface area contributed by atoms with Crippen LogP contribution in [0.2, 0.25) is 0 Å². The van der Waals surface area contributed by atoms with Crippen molar-refractivity contribution in [2.24, 2.45) is 0 Å². The van der Waals surface area contributed by atoms with E-state index in [0.717, 1.165) is 38.7 Å². The van der Waals surface area contributed by atoms with Gasteiger partial charge in [-0.05, 0) is 66.8 Å². The molecule has 1 saturated heterocycles. The molecule has 4 aromatic rings. The van der Waals surface area contributed by atoms with Crippen LogP contribution in [0, 0.1) is 0 Å². The maximum Gasteiger partial charge on any atom is 0.231 e. The predicted octanol–water partition coefficient (Wildman–Crippen LogP) is 5.54. The van der Waals surface area contributed by atoms with Gasteiger partial charge in [0, 0.05) is 40.0 Å². The van der Waals surface area contributed by atoms with E-state index in [0.29, 0.717) is 5.11 Å². The summed E-state index contributed by atoms with van der Waals surface area (Å²) in [5, 5.41) is 4.15. The van der Waals surface area contributed by atoms with Crippen LogP contribution in [0.25, 0.3) is 5.69 Å². The van der Waals surface area contributed by atoms with E-state index in [1.165, 1.54) is 0 Å². The molecule has 2 atom stereocenters. The minimum Gasteiger partial charge on any atom is -0.454 e. The number of hydrogen-bond acceptors (Lipinski definition) is 4. The van der Waals surface area contributed by atoms with E-state index in [4.69, 9.17) is 21.7 Å². The smallest absolute Gasteiger partial charge is 0.231 e. The van der Waals surface area contributed by atoms with Gasteiger partial charge in [0.05, 0.1) is 11.7 Å². The van der Waals surface area contributed by atoms with Crippen LogP contribution >= 0.6 is 28.1 Å². The minimum absolute atomic E-state index is 0.134. The van der Waals surface area contributed by atoms with Crippen molar-refractivity contribution in [1.82, 2.24) is 14.9 Å². The molecule has 2 unspecified atom stereocenters. The number of anilines is 1. The second-order valence-corrected chi connectivity index (χ2v) is 9.12. The molecule has 2 aromatic heterocycles. The number of halogens is 1. The predicted molar refractivity (Wildman–Crippen MR) is 134 cm³/mol. The molecular formula is C25H19BrN4O2S. The zero-order valence-electron chi connectivity index (χ0n) is 17.4. The molecular weight excluding hydrogens is 500 g/mol. The van der Waals surface area contributed by atoms with E-state index in [9.17, 15) is 0 Å². The summed E-state index contributed by atoms with van der Waals surface area (Å²) in [6, 6.07) is 24.1. The lowest BCUT2D eigenvalue weighted by molar-refractivity contribution is 0.174. The first kappa shape index (κ1) is 20.3. The normalized spacial score (nSPS) is 19.1. The Morgan fingerprint density at radius 3 is 2.70 bits per heavy atom. The molecule has 4 heterocycles. The van der Waals surface area contributed by atoms with Gasteiger partial charge in [0.1, 0.15) is 6.04 Å². The fourth-order valence-electron chi connectivity index (χ4n) is 4.46. The Hall–Kier alpha value is -3.36. The summed E-state index contributed by atoms with van der Waals surface area (Å²) < 4.78 is 14.4. The highest BCUT2D eigenvalue weighted by atomic mass is 79.9. The molecule has 0 bridgehead atoms. The first-order valence-corrected chi connectivity index (χ1v) is 11.7. The molecule has 1 fully saturated rings. The highest BCUT2D eigenvalue weighted by molar-refractivity contribution is 9.10. The Morgan fingerprint density at radius 2 is 1.85 bits per heavy atom. The number of fused-ring (bicyclic) bond motifs is 1. The number of aromatic nitrogens is 2. The van der Waals surface area contributed by atoms with Crippen LogP contribution in [0.4, 0.5) is 5.69 Å². The summed E-state index contributed by atoms with van der Waals surface area (Å²) in [5.74, 6) is 1.46. The molecule has 0 aliphatic carbocycles. The fraction of sp³-hybridized carbons (Fsp3) is 0.120. The fourth-order valence-corrected chi connectivity index (χ4v) is 5.20. The summed E-state index contributed by atoms with van der Waals surface area (Å²) in [6.07, 6.45) is 3.89. The monoisotopic (exact) mass is 518 g/mol. The van der Waals surface area contributed by atoms with Gasteiger partial charge < -0.3 is 24.3 Å². The number of hydrogen-bond donors (Lipinski definition) is 1. The molecule has 0 saturated carbocycles. The molecule has 6 rings (SSSR count). The molecule has 0 amide bonds. The largest absolute Gasteiger partial charge is 0.454 e. The average molecular weight is 519 g/mol. The quantitative estimate of drug-likeness (QED) is 0.358. The van der Waals surface area contributed by atoms with Crippen LogP contribution in [-0.4, -0.2) is 21.5 Å². The summed E-state index contributed by atoms with van der Waals surface area (Å²) in [4.78, 5) is 6.79. The van der Waals surface area contributed by atoms with Gasteiger partial charge in [0.25, 0.3) is 0 Å². The molecule has 164 valence electrons. The van der Waals surface area contributed by atoms with Gasteiger partial charge >= 0.3 is 0 Å². The highest BCUT2D eigenvalue weighted by Gasteiger charge is 2.42. The molecule has 1 N–H and O–H groups in total. The number of nitrogens with zero attached hydrogens (tertiary/aromatic N) is 3. The summed E-state index contributed by atoms with van der Waals surface area (Å²) in [6.45, 7) is 0.229. The SMILES string of the molecule is S=C1NC(c2ccccn2)C(c2cccn2-c2cccc(Br)c2)N1c1ccc2c(c1)OCO2. The summed E-state index contributed by atoms with van der Waals surface area (Å²) in [7, 11) is 0. The minimum atomic E-state index is -0.137. The van der Waals surface area contributed by atoms with E-state index < -0.39 is 0 Å². The van der Waals surface area contributed by atoms with Crippen molar-refractivity contribution in [3.8, 4) is 17.2 Å². The standard InChI is InChI=1S/C25H19BrN4O2S/c26-16-5-3-6-17(13-16)29-12-4-8-20(29)24-23(19-7-1-2-11-27-19)28-25(33)30(24)18-9-10-21-22(14-18)32-15-31-21/h1-14,23-24H,15H2,(H,28,33). The van der Waals surface area contributed by atoms with Crippen LogP contribution in [0.1, 0.15) is 23.5 Å². The Balaban J connectivity index is 1.51. The molecule has 2 aliphatic rings. The van der Waals surface area contributed by atoms with E-state index in [2.05, 4.69) is 66.2 Å². The molecule has 6 nitrogen and oxygen atoms in total. The number of pyridine rings is 1. The van der Waals surface area contributed by atoms with Gasteiger partial charge in [-0.25, -0.2) is 0 Å². The number of benzene rings is 2. The molecule has 8 heteroatoms. The van der Waals surface area contributed by atoms with Crippen molar-refractivity contribution in [2.75, 3.05) is 11.7 Å². The zero-order chi connectivity index (χ0) is 22.4. The van der Waals surface area contributed by atoms with Crippen LogP contribution in [0.15, 0.2) is 89.7 Å². The molecule has 0 radical (unpaired) electrons. The molecule has 33 heavy (non-hydrogen) atoms. The van der Waals surface area contributed by atoms with Gasteiger partial charge in [-0.3, -0.25) is 4.98 Å². The Labute approximate surface area is 204 Å². The molecule has 2 aliphatic heterocycles. The Kier molecular flexibility index (Phi) is 5.04. The van der Waals surface area contributed by atoms with Gasteiger partial charge in [-0.1, -0.05) is 28.1 Å². The highest BCUT2D eigenvalue weighted by Crippen LogP contribution is 2.44. The second-order valence-electron chi connectivity index (χ2n) is 7.82. The van der Waals surface area contributed by atoms with Crippen LogP contribution < -0.4 is 19.7 Å². The van der Waals surface area contributed by atoms with Crippen molar-refractivity contribution in [3.05, 3.63) is 101 Å². The van der Waals surface area contributed by atoms with Gasteiger partial charge in [0.2, 0.25) is 6.79 Å². The third-order valence-electron chi connectivity index (χ3n) is 5.90. The van der Waals surface area contributed by atoms with Gasteiger partial charge in [-0.2, -0.15) is 0 Å². The number of nitrogens with one attached hydrogen (secondary N) is 1. The van der Waals surface area contributed by atoms with Crippen LogP contribution in [0.5, 0.6) is 11.5 Å². The molecule has 0 spiro atoms. The van der Waals surface area contributed by atoms with E-state index in [1.807, 2.05) is 54.7 Å². The number of ether oxygens (including phenoxy) is 2. The van der Waals surface area contributed by atoms with E-state index in [-0.39, 0.29) is 18.9 Å². The van der Waals surface area contributed by atoms with Crippen LogP contribution in [0.3, 0.4) is 0 Å². The van der Waals surface area contributed by atoms with Crippen molar-refractivity contribution in [3.63, 3.8) is 0 Å². The number of rotatable bonds is 4. The third-order valence-corrected chi connectivity index (χ3v) is 6.71. The van der Waals surface area contributed by atoms with Gasteiger partial charge in [-0.15, -0.1) is 0 Å². The third kappa shape index (κ3) is 3.55. The lowest BCUT2D eigenvalue weighted by atomic mass is 10.0.